The molecule has 0 radical (unpaired) electrons. The Morgan fingerprint density at radius 1 is 1.39 bits per heavy atom. The SMILES string of the molecule is C=C[C@@H]1[C@@H](c2ccccc2Br)N1S(=O)C(C)(C)C. The normalized spacial score (nSPS) is 28.8. The first-order valence-electron chi connectivity index (χ1n) is 5.95. The third kappa shape index (κ3) is 2.46. The number of nitrogens with zero attached hydrogens (tertiary/aromatic N) is 1. The van der Waals surface area contributed by atoms with Gasteiger partial charge >= 0.3 is 0 Å². The predicted molar refractivity (Wildman–Crippen MR) is 80.6 cm³/mol. The third-order valence-corrected chi connectivity index (χ3v) is 5.61. The van der Waals surface area contributed by atoms with E-state index in [-0.39, 0.29) is 16.8 Å². The zero-order valence-corrected chi connectivity index (χ0v) is 13.3. The van der Waals surface area contributed by atoms with Crippen LogP contribution in [-0.4, -0.2) is 19.3 Å². The monoisotopic (exact) mass is 327 g/mol. The molecule has 0 aliphatic carbocycles. The molecule has 1 saturated heterocycles. The van der Waals surface area contributed by atoms with Crippen LogP contribution in [0.3, 0.4) is 0 Å². The smallest absolute Gasteiger partial charge is 0.101 e. The average Bonchev–Trinajstić information content (AvgIpc) is 3.01. The molecule has 0 amide bonds. The van der Waals surface area contributed by atoms with Crippen molar-refractivity contribution in [2.75, 3.05) is 0 Å². The molecule has 0 N–H and O–H groups in total. The molecule has 1 aliphatic heterocycles. The highest BCUT2D eigenvalue weighted by atomic mass is 79.9. The minimum Gasteiger partial charge on any atom is -0.242 e. The van der Waals surface area contributed by atoms with E-state index in [0.29, 0.717) is 0 Å². The molecule has 1 fully saturated rings. The van der Waals surface area contributed by atoms with Gasteiger partial charge in [0.2, 0.25) is 0 Å². The van der Waals surface area contributed by atoms with Gasteiger partial charge in [-0.25, -0.2) is 8.51 Å². The van der Waals surface area contributed by atoms with Crippen LogP contribution in [0.5, 0.6) is 0 Å². The van der Waals surface area contributed by atoms with Crippen LogP contribution in [0.1, 0.15) is 32.4 Å². The summed E-state index contributed by atoms with van der Waals surface area (Å²) in [4.78, 5) is 0. The van der Waals surface area contributed by atoms with E-state index < -0.39 is 11.0 Å². The number of benzene rings is 1. The van der Waals surface area contributed by atoms with Gasteiger partial charge in [0.05, 0.1) is 16.8 Å². The second kappa shape index (κ2) is 4.91. The van der Waals surface area contributed by atoms with E-state index in [2.05, 4.69) is 28.6 Å². The number of halogens is 1. The van der Waals surface area contributed by atoms with Crippen molar-refractivity contribution in [2.45, 2.75) is 37.6 Å². The maximum absolute atomic E-state index is 12.5. The summed E-state index contributed by atoms with van der Waals surface area (Å²) in [5, 5.41) is 0. The highest BCUT2D eigenvalue weighted by molar-refractivity contribution is 9.10. The number of hydrogen-bond acceptors (Lipinski definition) is 1. The number of rotatable bonds is 3. The lowest BCUT2D eigenvalue weighted by Crippen LogP contribution is -2.28. The summed E-state index contributed by atoms with van der Waals surface area (Å²) in [5.74, 6) is 0. The Labute approximate surface area is 120 Å². The molecule has 0 aromatic heterocycles. The largest absolute Gasteiger partial charge is 0.242 e. The van der Waals surface area contributed by atoms with Crippen LogP contribution in [-0.2, 0) is 11.0 Å². The van der Waals surface area contributed by atoms with Gasteiger partial charge < -0.3 is 0 Å². The van der Waals surface area contributed by atoms with E-state index in [1.165, 1.54) is 5.56 Å². The van der Waals surface area contributed by atoms with E-state index in [1.54, 1.807) is 0 Å². The minimum atomic E-state index is -1.01. The molecule has 98 valence electrons. The quantitative estimate of drug-likeness (QED) is 0.610. The van der Waals surface area contributed by atoms with Crippen LogP contribution in [0.2, 0.25) is 0 Å². The molecule has 0 spiro atoms. The molecule has 2 rings (SSSR count). The van der Waals surface area contributed by atoms with Gasteiger partial charge in [0.25, 0.3) is 0 Å². The molecule has 0 saturated carbocycles. The molecular weight excluding hydrogens is 310 g/mol. The Morgan fingerprint density at radius 3 is 2.50 bits per heavy atom. The Kier molecular flexibility index (Phi) is 3.81. The van der Waals surface area contributed by atoms with Gasteiger partial charge in [0.15, 0.2) is 0 Å². The molecule has 2 nitrogen and oxygen atoms in total. The summed E-state index contributed by atoms with van der Waals surface area (Å²) in [6.45, 7) is 9.85. The first-order valence-corrected chi connectivity index (χ1v) is 7.85. The van der Waals surface area contributed by atoms with Crippen LogP contribution in [0.15, 0.2) is 41.4 Å². The van der Waals surface area contributed by atoms with Crippen LogP contribution in [0, 0.1) is 0 Å². The zero-order valence-electron chi connectivity index (χ0n) is 10.9. The first-order chi connectivity index (χ1) is 8.38. The van der Waals surface area contributed by atoms with Crippen LogP contribution >= 0.6 is 15.9 Å². The van der Waals surface area contributed by atoms with Gasteiger partial charge in [-0.15, -0.1) is 6.58 Å². The highest BCUT2D eigenvalue weighted by Gasteiger charge is 2.53. The Bertz CT molecular complexity index is 495. The van der Waals surface area contributed by atoms with Gasteiger partial charge in [-0.2, -0.15) is 0 Å². The fourth-order valence-corrected chi connectivity index (χ4v) is 3.99. The molecule has 1 aromatic carbocycles. The maximum Gasteiger partial charge on any atom is 0.101 e. The Balaban J connectivity index is 2.29. The summed E-state index contributed by atoms with van der Waals surface area (Å²) in [6.07, 6.45) is 1.88. The Morgan fingerprint density at radius 2 is 2.00 bits per heavy atom. The van der Waals surface area contributed by atoms with E-state index in [9.17, 15) is 4.21 Å². The van der Waals surface area contributed by atoms with Gasteiger partial charge in [0, 0.05) is 4.47 Å². The average molecular weight is 328 g/mol. The second-order valence-corrected chi connectivity index (χ2v) is 8.41. The molecular formula is C14H18BrNOS. The van der Waals surface area contributed by atoms with E-state index >= 15 is 0 Å². The topological polar surface area (TPSA) is 20.1 Å². The Hall–Kier alpha value is -0.450. The van der Waals surface area contributed by atoms with Crippen LogP contribution in [0.25, 0.3) is 0 Å². The van der Waals surface area contributed by atoms with Gasteiger partial charge in [-0.3, -0.25) is 0 Å². The first kappa shape index (κ1) is 14.0. The third-order valence-electron chi connectivity index (χ3n) is 2.98. The van der Waals surface area contributed by atoms with E-state index in [0.717, 1.165) is 4.47 Å². The lowest BCUT2D eigenvalue weighted by atomic mass is 10.1. The van der Waals surface area contributed by atoms with Crippen molar-refractivity contribution in [1.82, 2.24) is 4.31 Å². The summed E-state index contributed by atoms with van der Waals surface area (Å²) < 4.78 is 15.3. The molecule has 2 unspecified atom stereocenters. The van der Waals surface area contributed by atoms with Crippen molar-refractivity contribution in [2.24, 2.45) is 0 Å². The van der Waals surface area contributed by atoms with Crippen molar-refractivity contribution >= 4 is 26.9 Å². The predicted octanol–water partition coefficient (Wildman–Crippen LogP) is 3.82. The summed E-state index contributed by atoms with van der Waals surface area (Å²) in [5.41, 5.74) is 1.18. The molecule has 4 atom stereocenters. The number of hydrogen-bond donors (Lipinski definition) is 0. The zero-order chi connectivity index (χ0) is 13.5. The summed E-state index contributed by atoms with van der Waals surface area (Å²) in [6, 6.07) is 8.44. The van der Waals surface area contributed by atoms with E-state index in [4.69, 9.17) is 0 Å². The van der Waals surface area contributed by atoms with Crippen molar-refractivity contribution in [3.8, 4) is 0 Å². The van der Waals surface area contributed by atoms with Gasteiger partial charge in [-0.05, 0) is 32.4 Å². The van der Waals surface area contributed by atoms with Gasteiger partial charge in [-0.1, -0.05) is 40.2 Å². The van der Waals surface area contributed by atoms with Crippen LogP contribution in [0.4, 0.5) is 0 Å². The fourth-order valence-electron chi connectivity index (χ4n) is 2.03. The molecule has 1 aromatic rings. The highest BCUT2D eigenvalue weighted by Crippen LogP contribution is 2.49. The molecule has 1 heterocycles. The second-order valence-electron chi connectivity index (χ2n) is 5.41. The standard InChI is InChI=1S/C14H18BrNOS/c1-5-12-13(10-8-6-7-9-11(10)15)16(12)18(17)14(2,3)4/h5-9,12-13H,1H2,2-4H3/t12-,13-,16?,18?/m1/s1. The lowest BCUT2D eigenvalue weighted by Gasteiger charge is -2.18. The van der Waals surface area contributed by atoms with E-state index in [1.807, 2.05) is 49.4 Å². The summed E-state index contributed by atoms with van der Waals surface area (Å²) >= 11 is 3.56. The van der Waals surface area contributed by atoms with Crippen molar-refractivity contribution in [3.63, 3.8) is 0 Å². The fraction of sp³-hybridized carbons (Fsp3) is 0.429. The van der Waals surface area contributed by atoms with Crippen molar-refractivity contribution in [3.05, 3.63) is 47.0 Å². The molecule has 4 heteroatoms. The minimum absolute atomic E-state index is 0.170. The van der Waals surface area contributed by atoms with Crippen molar-refractivity contribution in [1.29, 1.82) is 0 Å². The lowest BCUT2D eigenvalue weighted by molar-refractivity contribution is 0.603. The summed E-state index contributed by atoms with van der Waals surface area (Å²) in [7, 11) is -1.01. The maximum atomic E-state index is 12.5. The molecule has 1 aliphatic rings. The van der Waals surface area contributed by atoms with Crippen molar-refractivity contribution < 1.29 is 4.21 Å². The van der Waals surface area contributed by atoms with Crippen LogP contribution < -0.4 is 0 Å². The van der Waals surface area contributed by atoms with Gasteiger partial charge in [0.1, 0.15) is 11.0 Å². The molecule has 18 heavy (non-hydrogen) atoms. The molecule has 0 bridgehead atoms.